The minimum atomic E-state index is -3.21. The number of hydrogen-bond donors (Lipinski definition) is 0. The summed E-state index contributed by atoms with van der Waals surface area (Å²) in [5.41, 5.74) is 0. The largest absolute Gasteiger partial charge is 0.229 e. The molecule has 0 aliphatic heterocycles. The van der Waals surface area contributed by atoms with E-state index in [9.17, 15) is 21.3 Å². The molecule has 0 aliphatic rings. The monoisotopic (exact) mass is 371 g/mol. The predicted molar refractivity (Wildman–Crippen MR) is 80.7 cm³/mol. The Hall–Kier alpha value is 0.370. The van der Waals surface area contributed by atoms with Gasteiger partial charge in [-0.15, -0.1) is 32.8 Å². The van der Waals surface area contributed by atoms with Gasteiger partial charge in [0.25, 0.3) is 0 Å². The molecule has 0 bridgehead atoms. The van der Waals surface area contributed by atoms with Gasteiger partial charge in [0.2, 0.25) is 0 Å². The Morgan fingerprint density at radius 2 is 1.10 bits per heavy atom. The second kappa shape index (κ2) is 10.2. The van der Waals surface area contributed by atoms with Crippen molar-refractivity contribution in [1.29, 1.82) is 0 Å². The van der Waals surface area contributed by atoms with Gasteiger partial charge in [0.1, 0.15) is 0 Å². The number of rotatable bonds is 12. The Bertz CT molecular complexity index is 414. The molecule has 0 radical (unpaired) electrons. The number of hydrogen-bond acceptors (Lipinski definition) is 5. The molecule has 5 nitrogen and oxygen atoms in total. The molecule has 0 atom stereocenters. The third-order valence-corrected chi connectivity index (χ3v) is 6.79. The van der Waals surface area contributed by atoms with Crippen LogP contribution in [-0.2, 0) is 19.7 Å². The van der Waals surface area contributed by atoms with Gasteiger partial charge >= 0.3 is 0 Å². The Morgan fingerprint density at radius 1 is 0.750 bits per heavy atom. The fourth-order valence-electron chi connectivity index (χ4n) is 1.46. The zero-order valence-electron chi connectivity index (χ0n) is 11.1. The lowest BCUT2D eigenvalue weighted by molar-refractivity contribution is 0.0264. The van der Waals surface area contributed by atoms with Crippen molar-refractivity contribution in [2.45, 2.75) is 12.8 Å². The molecule has 0 aromatic rings. The highest BCUT2D eigenvalue weighted by Crippen LogP contribution is 2.02. The summed E-state index contributed by atoms with van der Waals surface area (Å²) >= 11 is 10.7. The molecule has 0 aromatic heterocycles. The van der Waals surface area contributed by atoms with Gasteiger partial charge < -0.3 is 0 Å². The van der Waals surface area contributed by atoms with Crippen LogP contribution in [0.2, 0.25) is 0 Å². The standard InChI is InChI=1S/C10H20Cl2FNO4S2/c11-3-9-19(15,16)7-1-5-14(13)6-2-8-20(17,18)10-4-12/h1-10H2. The predicted octanol–water partition coefficient (Wildman–Crippen LogP) is 1.26. The van der Waals surface area contributed by atoms with E-state index in [1.54, 1.807) is 0 Å². The highest BCUT2D eigenvalue weighted by atomic mass is 35.5. The highest BCUT2D eigenvalue weighted by Gasteiger charge is 2.13. The summed E-state index contributed by atoms with van der Waals surface area (Å²) in [5, 5.41) is 0.437. The van der Waals surface area contributed by atoms with Crippen molar-refractivity contribution in [2.75, 3.05) is 47.9 Å². The molecular weight excluding hydrogens is 352 g/mol. The minimum absolute atomic E-state index is 0.0279. The fourth-order valence-corrected chi connectivity index (χ4v) is 4.89. The van der Waals surface area contributed by atoms with Crippen molar-refractivity contribution < 1.29 is 21.3 Å². The summed E-state index contributed by atoms with van der Waals surface area (Å²) in [4.78, 5) is 0. The molecular formula is C10H20Cl2FNO4S2. The first-order valence-corrected chi connectivity index (χ1v) is 10.9. The molecule has 0 unspecified atom stereocenters. The van der Waals surface area contributed by atoms with E-state index in [4.69, 9.17) is 23.2 Å². The van der Waals surface area contributed by atoms with E-state index in [0.717, 1.165) is 0 Å². The SMILES string of the molecule is O=S(=O)(CCCl)CCCN(F)CCCS(=O)(=O)CCCl. The number of nitrogens with zero attached hydrogens (tertiary/aromatic N) is 1. The Labute approximate surface area is 130 Å². The van der Waals surface area contributed by atoms with Crippen LogP contribution in [0.5, 0.6) is 0 Å². The Morgan fingerprint density at radius 3 is 1.40 bits per heavy atom. The molecule has 122 valence electrons. The molecule has 20 heavy (non-hydrogen) atoms. The van der Waals surface area contributed by atoms with E-state index in [0.29, 0.717) is 5.12 Å². The van der Waals surface area contributed by atoms with E-state index in [-0.39, 0.29) is 60.7 Å². The van der Waals surface area contributed by atoms with Gasteiger partial charge in [-0.2, -0.15) is 0 Å². The summed E-state index contributed by atoms with van der Waals surface area (Å²) in [6, 6.07) is 0. The molecule has 0 heterocycles. The van der Waals surface area contributed by atoms with Crippen LogP contribution in [0.25, 0.3) is 0 Å². The average molecular weight is 372 g/mol. The van der Waals surface area contributed by atoms with E-state index in [1.807, 2.05) is 0 Å². The maximum atomic E-state index is 13.3. The molecule has 0 aliphatic carbocycles. The molecule has 0 saturated carbocycles. The van der Waals surface area contributed by atoms with Gasteiger partial charge in [-0.3, -0.25) is 0 Å². The summed E-state index contributed by atoms with van der Waals surface area (Å²) < 4.78 is 58.6. The van der Waals surface area contributed by atoms with Gasteiger partial charge in [-0.05, 0) is 12.8 Å². The van der Waals surface area contributed by atoms with Gasteiger partial charge in [0, 0.05) is 24.8 Å². The van der Waals surface area contributed by atoms with Crippen LogP contribution in [0.15, 0.2) is 0 Å². The van der Waals surface area contributed by atoms with Gasteiger partial charge in [-0.1, -0.05) is 0 Å². The van der Waals surface area contributed by atoms with E-state index in [2.05, 4.69) is 0 Å². The van der Waals surface area contributed by atoms with Crippen molar-refractivity contribution >= 4 is 42.9 Å². The van der Waals surface area contributed by atoms with E-state index in [1.165, 1.54) is 0 Å². The summed E-state index contributed by atoms with van der Waals surface area (Å²) in [6.45, 7) is -0.0891. The van der Waals surface area contributed by atoms with Crippen molar-refractivity contribution in [2.24, 2.45) is 0 Å². The van der Waals surface area contributed by atoms with Crippen LogP contribution < -0.4 is 0 Å². The van der Waals surface area contributed by atoms with Crippen LogP contribution in [0.3, 0.4) is 0 Å². The average Bonchev–Trinajstić information content (AvgIpc) is 2.27. The zero-order chi connectivity index (χ0) is 15.6. The van der Waals surface area contributed by atoms with Crippen molar-refractivity contribution in [3.8, 4) is 0 Å². The van der Waals surface area contributed by atoms with Crippen molar-refractivity contribution in [3.63, 3.8) is 0 Å². The molecule has 10 heteroatoms. The Balaban J connectivity index is 3.83. The van der Waals surface area contributed by atoms with Crippen LogP contribution in [0.4, 0.5) is 4.48 Å². The van der Waals surface area contributed by atoms with Crippen molar-refractivity contribution in [1.82, 2.24) is 5.12 Å². The second-order valence-corrected chi connectivity index (χ2v) is 9.66. The second-order valence-electron chi connectivity index (χ2n) is 4.30. The maximum absolute atomic E-state index is 13.3. The van der Waals surface area contributed by atoms with E-state index >= 15 is 0 Å². The Kier molecular flexibility index (Phi) is 10.3. The molecule has 0 saturated heterocycles. The molecule has 0 aromatic carbocycles. The number of halogens is 3. The van der Waals surface area contributed by atoms with Crippen molar-refractivity contribution in [3.05, 3.63) is 0 Å². The first-order chi connectivity index (χ1) is 9.22. The van der Waals surface area contributed by atoms with E-state index < -0.39 is 19.7 Å². The number of alkyl halides is 2. The molecule has 0 spiro atoms. The summed E-state index contributed by atoms with van der Waals surface area (Å²) in [5.74, 6) is -0.412. The quantitative estimate of drug-likeness (QED) is 0.381. The summed E-state index contributed by atoms with van der Waals surface area (Å²) in [6.07, 6.45) is 0.314. The molecule has 0 rings (SSSR count). The summed E-state index contributed by atoms with van der Waals surface area (Å²) in [7, 11) is -6.43. The maximum Gasteiger partial charge on any atom is 0.151 e. The van der Waals surface area contributed by atoms with Gasteiger partial charge in [-0.25, -0.2) is 16.8 Å². The normalized spacial score (nSPS) is 13.0. The molecule has 0 amide bonds. The molecule has 0 N–H and O–H groups in total. The zero-order valence-corrected chi connectivity index (χ0v) is 14.2. The lowest BCUT2D eigenvalue weighted by atomic mass is 10.4. The fraction of sp³-hybridized carbons (Fsp3) is 1.00. The third-order valence-electron chi connectivity index (χ3n) is 2.49. The minimum Gasteiger partial charge on any atom is -0.229 e. The van der Waals surface area contributed by atoms with Crippen LogP contribution >= 0.6 is 23.2 Å². The van der Waals surface area contributed by atoms with Gasteiger partial charge in [0.15, 0.2) is 19.7 Å². The van der Waals surface area contributed by atoms with Crippen LogP contribution in [0.1, 0.15) is 12.8 Å². The third kappa shape index (κ3) is 11.1. The molecule has 0 fully saturated rings. The first-order valence-electron chi connectivity index (χ1n) is 6.16. The lowest BCUT2D eigenvalue weighted by Gasteiger charge is -2.11. The smallest absolute Gasteiger partial charge is 0.151 e. The first kappa shape index (κ1) is 20.4. The number of sulfone groups is 2. The van der Waals surface area contributed by atoms with Crippen LogP contribution in [-0.4, -0.2) is 69.8 Å². The van der Waals surface area contributed by atoms with Crippen LogP contribution in [0, 0.1) is 0 Å². The topological polar surface area (TPSA) is 71.5 Å². The lowest BCUT2D eigenvalue weighted by Crippen LogP contribution is -2.23. The highest BCUT2D eigenvalue weighted by molar-refractivity contribution is 7.91. The van der Waals surface area contributed by atoms with Gasteiger partial charge in [0.05, 0.1) is 23.0 Å².